The molecule has 0 aromatic heterocycles. The Balaban J connectivity index is 2.40. The fourth-order valence-electron chi connectivity index (χ4n) is 2.45. The molecule has 1 amide bonds. The summed E-state index contributed by atoms with van der Waals surface area (Å²) in [4.78, 5) is 15.7. The molecule has 1 aliphatic heterocycles. The first kappa shape index (κ1) is 12.9. The van der Waals surface area contributed by atoms with Gasteiger partial charge in [-0.1, -0.05) is 12.1 Å². The quantitative estimate of drug-likeness (QED) is 0.865. The van der Waals surface area contributed by atoms with Gasteiger partial charge in [-0.3, -0.25) is 4.79 Å². The van der Waals surface area contributed by atoms with E-state index in [9.17, 15) is 4.79 Å². The zero-order valence-electron chi connectivity index (χ0n) is 10.8. The molecule has 0 saturated carbocycles. The second kappa shape index (κ2) is 5.87. The number of aliphatic hydroxyl groups excluding tert-OH is 1. The van der Waals surface area contributed by atoms with Gasteiger partial charge in [-0.15, -0.1) is 0 Å². The monoisotopic (exact) mass is 248 g/mol. The highest BCUT2D eigenvalue weighted by Gasteiger charge is 2.20. The van der Waals surface area contributed by atoms with E-state index in [-0.39, 0.29) is 12.5 Å². The number of benzene rings is 1. The van der Waals surface area contributed by atoms with Crippen LogP contribution in [0.1, 0.15) is 19.8 Å². The molecule has 0 saturated heterocycles. The van der Waals surface area contributed by atoms with Crippen LogP contribution in [0.25, 0.3) is 0 Å². The van der Waals surface area contributed by atoms with E-state index < -0.39 is 0 Å². The summed E-state index contributed by atoms with van der Waals surface area (Å²) in [6, 6.07) is 7.93. The molecule has 0 fully saturated rings. The van der Waals surface area contributed by atoms with Crippen LogP contribution in [0.3, 0.4) is 0 Å². The van der Waals surface area contributed by atoms with Gasteiger partial charge in [0.25, 0.3) is 0 Å². The summed E-state index contributed by atoms with van der Waals surface area (Å²) in [6.45, 7) is 4.06. The van der Waals surface area contributed by atoms with E-state index in [0.29, 0.717) is 6.54 Å². The molecule has 1 N–H and O–H groups in total. The van der Waals surface area contributed by atoms with Gasteiger partial charge in [-0.2, -0.15) is 0 Å². The molecule has 0 radical (unpaired) electrons. The first-order chi connectivity index (χ1) is 8.74. The lowest BCUT2D eigenvalue weighted by Gasteiger charge is -2.33. The van der Waals surface area contributed by atoms with E-state index in [1.54, 1.807) is 6.92 Å². The van der Waals surface area contributed by atoms with Crippen molar-refractivity contribution in [2.24, 2.45) is 0 Å². The molecular formula is C14H20N2O2. The highest BCUT2D eigenvalue weighted by Crippen LogP contribution is 2.31. The molecule has 0 aliphatic carbocycles. The summed E-state index contributed by atoms with van der Waals surface area (Å²) in [6.07, 6.45) is 2.04. The van der Waals surface area contributed by atoms with Crippen LogP contribution in [-0.4, -0.2) is 37.3 Å². The SMILES string of the molecule is CC(=O)N1CCCCN(CCO)c2ccccc21. The second-order valence-corrected chi connectivity index (χ2v) is 4.58. The van der Waals surface area contributed by atoms with E-state index in [2.05, 4.69) is 4.90 Å². The fraction of sp³-hybridized carbons (Fsp3) is 0.500. The lowest BCUT2D eigenvalue weighted by molar-refractivity contribution is -0.116. The van der Waals surface area contributed by atoms with Crippen LogP contribution in [0.15, 0.2) is 24.3 Å². The van der Waals surface area contributed by atoms with E-state index in [1.165, 1.54) is 0 Å². The number of aliphatic hydroxyl groups is 1. The minimum absolute atomic E-state index is 0.0771. The predicted octanol–water partition coefficient (Wildman–Crippen LogP) is 1.63. The maximum atomic E-state index is 11.7. The van der Waals surface area contributed by atoms with Gasteiger partial charge < -0.3 is 14.9 Å². The van der Waals surface area contributed by atoms with Crippen molar-refractivity contribution in [3.8, 4) is 0 Å². The number of carbonyl (C=O) groups excluding carboxylic acids is 1. The number of nitrogens with zero attached hydrogens (tertiary/aromatic N) is 2. The molecule has 0 atom stereocenters. The van der Waals surface area contributed by atoms with Crippen LogP contribution >= 0.6 is 0 Å². The van der Waals surface area contributed by atoms with Gasteiger partial charge >= 0.3 is 0 Å². The molecule has 4 heteroatoms. The Bertz CT molecular complexity index is 420. The molecule has 1 aliphatic rings. The highest BCUT2D eigenvalue weighted by atomic mass is 16.3. The minimum atomic E-state index is 0.0771. The van der Waals surface area contributed by atoms with Crippen molar-refractivity contribution in [2.75, 3.05) is 36.0 Å². The van der Waals surface area contributed by atoms with Gasteiger partial charge in [0, 0.05) is 26.6 Å². The number of rotatable bonds is 2. The molecule has 98 valence electrons. The van der Waals surface area contributed by atoms with Gasteiger partial charge in [0.2, 0.25) is 5.91 Å². The Morgan fingerprint density at radius 3 is 2.56 bits per heavy atom. The lowest BCUT2D eigenvalue weighted by atomic mass is 10.1. The first-order valence-electron chi connectivity index (χ1n) is 6.47. The van der Waals surface area contributed by atoms with Crippen molar-refractivity contribution in [1.29, 1.82) is 0 Å². The number of hydrogen-bond donors (Lipinski definition) is 1. The molecule has 1 aromatic rings. The van der Waals surface area contributed by atoms with Crippen molar-refractivity contribution >= 4 is 17.3 Å². The van der Waals surface area contributed by atoms with Crippen LogP contribution < -0.4 is 9.80 Å². The number of hydrogen-bond acceptors (Lipinski definition) is 3. The maximum absolute atomic E-state index is 11.7. The molecule has 0 unspecified atom stereocenters. The number of anilines is 2. The van der Waals surface area contributed by atoms with E-state index in [0.717, 1.165) is 37.3 Å². The van der Waals surface area contributed by atoms with E-state index >= 15 is 0 Å². The van der Waals surface area contributed by atoms with Crippen molar-refractivity contribution in [1.82, 2.24) is 0 Å². The number of amides is 1. The number of carbonyl (C=O) groups is 1. The standard InChI is InChI=1S/C14H20N2O2/c1-12(18)16-9-5-4-8-15(10-11-17)13-6-2-3-7-14(13)16/h2-3,6-7,17H,4-5,8-11H2,1H3. The fourth-order valence-corrected chi connectivity index (χ4v) is 2.45. The predicted molar refractivity (Wildman–Crippen MR) is 73.0 cm³/mol. The third kappa shape index (κ3) is 2.64. The second-order valence-electron chi connectivity index (χ2n) is 4.58. The normalized spacial score (nSPS) is 15.9. The van der Waals surface area contributed by atoms with Crippen molar-refractivity contribution in [2.45, 2.75) is 19.8 Å². The number of β-amino-alcohol motifs (C(OH)–C–C–N with tert-alkyl or cyclic N) is 1. The third-order valence-electron chi connectivity index (χ3n) is 3.32. The zero-order valence-corrected chi connectivity index (χ0v) is 10.8. The summed E-state index contributed by atoms with van der Waals surface area (Å²) in [5.41, 5.74) is 2.00. The molecule has 2 rings (SSSR count). The minimum Gasteiger partial charge on any atom is -0.395 e. The van der Waals surface area contributed by atoms with Crippen LogP contribution in [0, 0.1) is 0 Å². The first-order valence-corrected chi connectivity index (χ1v) is 6.47. The Hall–Kier alpha value is -1.55. The van der Waals surface area contributed by atoms with Crippen LogP contribution in [-0.2, 0) is 4.79 Å². The number of fused-ring (bicyclic) bond motifs is 1. The van der Waals surface area contributed by atoms with Crippen molar-refractivity contribution in [3.63, 3.8) is 0 Å². The van der Waals surface area contributed by atoms with Crippen molar-refractivity contribution in [3.05, 3.63) is 24.3 Å². The average Bonchev–Trinajstić information content (AvgIpc) is 2.34. The summed E-state index contributed by atoms with van der Waals surface area (Å²) in [7, 11) is 0. The largest absolute Gasteiger partial charge is 0.395 e. The Kier molecular flexibility index (Phi) is 4.20. The Morgan fingerprint density at radius 1 is 1.22 bits per heavy atom. The molecule has 1 heterocycles. The van der Waals surface area contributed by atoms with E-state index in [1.807, 2.05) is 29.2 Å². The smallest absolute Gasteiger partial charge is 0.223 e. The van der Waals surface area contributed by atoms with Crippen LogP contribution in [0.2, 0.25) is 0 Å². The topological polar surface area (TPSA) is 43.8 Å². The molecule has 18 heavy (non-hydrogen) atoms. The zero-order chi connectivity index (χ0) is 13.0. The summed E-state index contributed by atoms with van der Waals surface area (Å²) in [5, 5.41) is 9.16. The maximum Gasteiger partial charge on any atom is 0.223 e. The summed E-state index contributed by atoms with van der Waals surface area (Å²) >= 11 is 0. The Labute approximate surface area is 108 Å². The average molecular weight is 248 g/mol. The lowest BCUT2D eigenvalue weighted by Crippen LogP contribution is -2.36. The van der Waals surface area contributed by atoms with Gasteiger partial charge in [0.15, 0.2) is 0 Å². The summed E-state index contributed by atoms with van der Waals surface area (Å²) < 4.78 is 0. The third-order valence-corrected chi connectivity index (χ3v) is 3.32. The van der Waals surface area contributed by atoms with Crippen LogP contribution in [0.5, 0.6) is 0 Å². The van der Waals surface area contributed by atoms with Gasteiger partial charge in [-0.05, 0) is 25.0 Å². The van der Waals surface area contributed by atoms with Crippen molar-refractivity contribution < 1.29 is 9.90 Å². The molecular weight excluding hydrogens is 228 g/mol. The molecule has 1 aromatic carbocycles. The molecule has 0 spiro atoms. The van der Waals surface area contributed by atoms with E-state index in [4.69, 9.17) is 5.11 Å². The molecule has 4 nitrogen and oxygen atoms in total. The van der Waals surface area contributed by atoms with Gasteiger partial charge in [-0.25, -0.2) is 0 Å². The van der Waals surface area contributed by atoms with Crippen LogP contribution in [0.4, 0.5) is 11.4 Å². The number of para-hydroxylation sites is 2. The molecule has 0 bridgehead atoms. The van der Waals surface area contributed by atoms with Gasteiger partial charge in [0.05, 0.1) is 18.0 Å². The Morgan fingerprint density at radius 2 is 1.89 bits per heavy atom. The van der Waals surface area contributed by atoms with Gasteiger partial charge in [0.1, 0.15) is 0 Å². The highest BCUT2D eigenvalue weighted by molar-refractivity contribution is 5.95. The summed E-state index contributed by atoms with van der Waals surface area (Å²) in [5.74, 6) is 0.0771.